The zero-order valence-electron chi connectivity index (χ0n) is 16.5. The molecule has 2 heterocycles. The zero-order valence-corrected chi connectivity index (χ0v) is 17.4. The van der Waals surface area contributed by atoms with Crippen molar-refractivity contribution in [1.29, 1.82) is 0 Å². The molecule has 1 aliphatic rings. The second-order valence-corrected chi connectivity index (χ2v) is 9.32. The number of unbranched alkanes of at least 4 members (excludes halogenated alkanes) is 2. The fraction of sp³-hybridized carbons (Fsp3) is 0.348. The summed E-state index contributed by atoms with van der Waals surface area (Å²) in [6.45, 7) is 3.65. The first kappa shape index (κ1) is 20.0. The predicted octanol–water partition coefficient (Wildman–Crippen LogP) is 3.74. The van der Waals surface area contributed by atoms with Crippen LogP contribution < -0.4 is 4.72 Å². The first-order valence-electron chi connectivity index (χ1n) is 10.3. The maximum Gasteiger partial charge on any atom is 0.242 e. The highest BCUT2D eigenvalue weighted by molar-refractivity contribution is 7.89. The SMILES string of the molecule is O=S(=O)(NCCCCCN1CCc2ccccc2C1)c1cccc2cccnc12. The summed E-state index contributed by atoms with van der Waals surface area (Å²) in [7, 11) is -3.55. The van der Waals surface area contributed by atoms with Gasteiger partial charge in [0.2, 0.25) is 10.0 Å². The number of nitrogens with one attached hydrogen (secondary N) is 1. The zero-order chi connectivity index (χ0) is 20.1. The molecule has 0 atom stereocenters. The van der Waals surface area contributed by atoms with Crippen LogP contribution in [0.3, 0.4) is 0 Å². The number of benzene rings is 2. The Bertz CT molecular complexity index is 1080. The fourth-order valence-corrected chi connectivity index (χ4v) is 5.21. The second-order valence-electron chi connectivity index (χ2n) is 7.58. The molecule has 29 heavy (non-hydrogen) atoms. The molecule has 1 aliphatic heterocycles. The molecule has 2 aromatic carbocycles. The molecule has 3 aromatic rings. The highest BCUT2D eigenvalue weighted by Crippen LogP contribution is 2.21. The van der Waals surface area contributed by atoms with E-state index < -0.39 is 10.0 Å². The van der Waals surface area contributed by atoms with Crippen LogP contribution in [0.4, 0.5) is 0 Å². The Morgan fingerprint density at radius 2 is 1.76 bits per heavy atom. The number of nitrogens with zero attached hydrogens (tertiary/aromatic N) is 2. The van der Waals surface area contributed by atoms with Crippen molar-refractivity contribution in [3.05, 3.63) is 71.9 Å². The Hall–Kier alpha value is -2.28. The van der Waals surface area contributed by atoms with E-state index in [9.17, 15) is 8.42 Å². The quantitative estimate of drug-likeness (QED) is 0.576. The van der Waals surface area contributed by atoms with E-state index in [0.717, 1.165) is 50.7 Å². The first-order valence-corrected chi connectivity index (χ1v) is 11.7. The van der Waals surface area contributed by atoms with Gasteiger partial charge < -0.3 is 0 Å². The van der Waals surface area contributed by atoms with Crippen LogP contribution in [0.25, 0.3) is 10.9 Å². The topological polar surface area (TPSA) is 62.3 Å². The smallest absolute Gasteiger partial charge is 0.242 e. The molecule has 0 bridgehead atoms. The number of hydrogen-bond acceptors (Lipinski definition) is 4. The molecule has 0 aliphatic carbocycles. The van der Waals surface area contributed by atoms with Gasteiger partial charge in [-0.2, -0.15) is 0 Å². The number of hydrogen-bond donors (Lipinski definition) is 1. The minimum absolute atomic E-state index is 0.252. The van der Waals surface area contributed by atoms with Crippen molar-refractivity contribution in [3.8, 4) is 0 Å². The van der Waals surface area contributed by atoms with Gasteiger partial charge in [0.1, 0.15) is 4.90 Å². The molecular formula is C23H27N3O2S. The highest BCUT2D eigenvalue weighted by atomic mass is 32.2. The monoisotopic (exact) mass is 409 g/mol. The van der Waals surface area contributed by atoms with Gasteiger partial charge in [-0.25, -0.2) is 13.1 Å². The van der Waals surface area contributed by atoms with Crippen molar-refractivity contribution in [2.45, 2.75) is 37.1 Å². The molecule has 152 valence electrons. The van der Waals surface area contributed by atoms with Gasteiger partial charge in [0.25, 0.3) is 0 Å². The first-order chi connectivity index (χ1) is 14.1. The predicted molar refractivity (Wildman–Crippen MR) is 116 cm³/mol. The molecule has 0 radical (unpaired) electrons. The maximum atomic E-state index is 12.7. The van der Waals surface area contributed by atoms with Gasteiger partial charge >= 0.3 is 0 Å². The summed E-state index contributed by atoms with van der Waals surface area (Å²) < 4.78 is 28.1. The molecule has 0 saturated heterocycles. The van der Waals surface area contributed by atoms with Gasteiger partial charge in [-0.1, -0.05) is 48.9 Å². The van der Waals surface area contributed by atoms with E-state index >= 15 is 0 Å². The van der Waals surface area contributed by atoms with Crippen molar-refractivity contribution in [2.24, 2.45) is 0 Å². The highest BCUT2D eigenvalue weighted by Gasteiger charge is 2.18. The maximum absolute atomic E-state index is 12.7. The Kier molecular flexibility index (Phi) is 6.23. The van der Waals surface area contributed by atoms with Crippen molar-refractivity contribution in [3.63, 3.8) is 0 Å². The van der Waals surface area contributed by atoms with Gasteiger partial charge in [0.05, 0.1) is 5.52 Å². The van der Waals surface area contributed by atoms with E-state index in [4.69, 9.17) is 0 Å². The van der Waals surface area contributed by atoms with Crippen LogP contribution in [0.15, 0.2) is 65.7 Å². The summed E-state index contributed by atoms with van der Waals surface area (Å²) in [4.78, 5) is 6.99. The normalized spacial score (nSPS) is 14.8. The van der Waals surface area contributed by atoms with Crippen LogP contribution in [0.2, 0.25) is 0 Å². The fourth-order valence-electron chi connectivity index (χ4n) is 3.96. The number of para-hydroxylation sites is 1. The molecule has 1 N–H and O–H groups in total. The van der Waals surface area contributed by atoms with Gasteiger partial charge in [-0.05, 0) is 49.1 Å². The van der Waals surface area contributed by atoms with Crippen molar-refractivity contribution in [1.82, 2.24) is 14.6 Å². The van der Waals surface area contributed by atoms with Crippen LogP contribution in [-0.2, 0) is 23.0 Å². The lowest BCUT2D eigenvalue weighted by Gasteiger charge is -2.28. The van der Waals surface area contributed by atoms with Crippen molar-refractivity contribution >= 4 is 20.9 Å². The second kappa shape index (κ2) is 9.03. The van der Waals surface area contributed by atoms with E-state index in [-0.39, 0.29) is 4.90 Å². The lowest BCUT2D eigenvalue weighted by molar-refractivity contribution is 0.248. The Labute approximate surface area is 172 Å². The summed E-state index contributed by atoms with van der Waals surface area (Å²) in [6, 6.07) is 17.6. The molecule has 0 saturated carbocycles. The van der Waals surface area contributed by atoms with E-state index in [2.05, 4.69) is 38.9 Å². The molecular weight excluding hydrogens is 382 g/mol. The summed E-state index contributed by atoms with van der Waals surface area (Å²) in [5.74, 6) is 0. The average Bonchev–Trinajstić information content (AvgIpc) is 2.75. The van der Waals surface area contributed by atoms with Gasteiger partial charge in [-0.15, -0.1) is 0 Å². The van der Waals surface area contributed by atoms with E-state index in [1.165, 1.54) is 11.1 Å². The third-order valence-electron chi connectivity index (χ3n) is 5.54. The Morgan fingerprint density at radius 1 is 0.931 bits per heavy atom. The van der Waals surface area contributed by atoms with Crippen molar-refractivity contribution in [2.75, 3.05) is 19.6 Å². The molecule has 0 unspecified atom stereocenters. The summed E-state index contributed by atoms with van der Waals surface area (Å²) in [5.41, 5.74) is 3.43. The van der Waals surface area contributed by atoms with Crippen LogP contribution in [0.1, 0.15) is 30.4 Å². The number of pyridine rings is 1. The third kappa shape index (κ3) is 4.83. The number of aromatic nitrogens is 1. The van der Waals surface area contributed by atoms with Crippen LogP contribution >= 0.6 is 0 Å². The summed E-state index contributed by atoms with van der Waals surface area (Å²) in [5, 5.41) is 0.832. The molecule has 0 fully saturated rings. The Morgan fingerprint density at radius 3 is 2.66 bits per heavy atom. The van der Waals surface area contributed by atoms with Crippen molar-refractivity contribution < 1.29 is 8.42 Å². The standard InChI is InChI=1S/C23H27N3O2S/c27-29(28,22-12-6-10-20-11-7-14-24-23(20)22)25-15-4-1-5-16-26-17-13-19-8-2-3-9-21(19)18-26/h2-3,6-12,14,25H,1,4-5,13,15-18H2. The lowest BCUT2D eigenvalue weighted by Crippen LogP contribution is -2.31. The summed E-state index contributed by atoms with van der Waals surface area (Å²) >= 11 is 0. The number of fused-ring (bicyclic) bond motifs is 2. The minimum atomic E-state index is -3.55. The van der Waals surface area contributed by atoms with Crippen LogP contribution in [-0.4, -0.2) is 37.9 Å². The average molecular weight is 410 g/mol. The van der Waals surface area contributed by atoms with Gasteiger partial charge in [0, 0.05) is 31.2 Å². The molecule has 4 rings (SSSR count). The van der Waals surface area contributed by atoms with Crippen LogP contribution in [0, 0.1) is 0 Å². The molecule has 1 aromatic heterocycles. The van der Waals surface area contributed by atoms with Gasteiger partial charge in [-0.3, -0.25) is 9.88 Å². The molecule has 5 nitrogen and oxygen atoms in total. The molecule has 6 heteroatoms. The summed E-state index contributed by atoms with van der Waals surface area (Å²) in [6.07, 6.45) is 5.67. The van der Waals surface area contributed by atoms with E-state index in [1.54, 1.807) is 18.3 Å². The Balaban J connectivity index is 1.23. The van der Waals surface area contributed by atoms with E-state index in [0.29, 0.717) is 12.1 Å². The minimum Gasteiger partial charge on any atom is -0.299 e. The van der Waals surface area contributed by atoms with E-state index in [1.807, 2.05) is 18.2 Å². The lowest BCUT2D eigenvalue weighted by atomic mass is 10.00. The number of rotatable bonds is 8. The third-order valence-corrected chi connectivity index (χ3v) is 7.03. The molecule has 0 amide bonds. The largest absolute Gasteiger partial charge is 0.299 e. The van der Waals surface area contributed by atoms with Gasteiger partial charge in [0.15, 0.2) is 0 Å². The number of sulfonamides is 1. The molecule has 0 spiro atoms. The van der Waals surface area contributed by atoms with Crippen LogP contribution in [0.5, 0.6) is 0 Å².